The fourth-order valence-electron chi connectivity index (χ4n) is 3.84. The lowest BCUT2D eigenvalue weighted by molar-refractivity contribution is -0.121. The zero-order chi connectivity index (χ0) is 19.1. The van der Waals surface area contributed by atoms with E-state index in [1.165, 1.54) is 37.8 Å². The molecule has 1 aromatic carbocycles. The molecule has 147 valence electrons. The fraction of sp³-hybridized carbons (Fsp3) is 0.619. The van der Waals surface area contributed by atoms with E-state index in [0.717, 1.165) is 31.8 Å². The van der Waals surface area contributed by atoms with Gasteiger partial charge in [0.2, 0.25) is 5.91 Å². The van der Waals surface area contributed by atoms with Crippen LogP contribution in [0.15, 0.2) is 24.3 Å². The maximum atomic E-state index is 12.0. The van der Waals surface area contributed by atoms with Crippen molar-refractivity contribution in [2.24, 2.45) is 5.92 Å². The van der Waals surface area contributed by atoms with Gasteiger partial charge in [0, 0.05) is 24.8 Å². The number of carbonyl (C=O) groups excluding carboxylic acids is 2. The van der Waals surface area contributed by atoms with Crippen molar-refractivity contribution in [2.45, 2.75) is 57.9 Å². The van der Waals surface area contributed by atoms with E-state index in [1.54, 1.807) is 0 Å². The van der Waals surface area contributed by atoms with Gasteiger partial charge < -0.3 is 15.5 Å². The molecule has 1 aliphatic carbocycles. The van der Waals surface area contributed by atoms with E-state index in [4.69, 9.17) is 0 Å². The smallest absolute Gasteiger partial charge is 0.341 e. The van der Waals surface area contributed by atoms with Crippen molar-refractivity contribution in [2.75, 3.05) is 24.5 Å². The molecule has 1 radical (unpaired) electrons. The van der Waals surface area contributed by atoms with Gasteiger partial charge in [-0.25, -0.2) is 4.79 Å². The molecule has 2 aliphatic rings. The number of hydrogen-bond acceptors (Lipinski definition) is 3. The SMILES string of the molecule is CC1CCN(c2ccc([N]C(=O)NCC(=O)NC3CCCCC3)cc2)CC1. The number of piperidine rings is 1. The van der Waals surface area contributed by atoms with Gasteiger partial charge in [0.25, 0.3) is 0 Å². The Morgan fingerprint density at radius 2 is 1.70 bits per heavy atom. The zero-order valence-electron chi connectivity index (χ0n) is 16.2. The molecule has 1 aromatic rings. The van der Waals surface area contributed by atoms with Crippen molar-refractivity contribution >= 4 is 23.3 Å². The summed E-state index contributed by atoms with van der Waals surface area (Å²) >= 11 is 0. The number of amides is 3. The van der Waals surface area contributed by atoms with Crippen LogP contribution < -0.4 is 20.9 Å². The Bertz CT molecular complexity index is 618. The van der Waals surface area contributed by atoms with Crippen LogP contribution in [-0.2, 0) is 4.79 Å². The molecule has 1 saturated carbocycles. The molecule has 0 unspecified atom stereocenters. The number of anilines is 1. The number of nitrogens with zero attached hydrogens (tertiary/aromatic N) is 2. The van der Waals surface area contributed by atoms with Crippen molar-refractivity contribution < 1.29 is 9.59 Å². The molecule has 6 heteroatoms. The average molecular weight is 372 g/mol. The highest BCUT2D eigenvalue weighted by Gasteiger charge is 2.17. The third kappa shape index (κ3) is 6.15. The van der Waals surface area contributed by atoms with Crippen LogP contribution in [0.3, 0.4) is 0 Å². The lowest BCUT2D eigenvalue weighted by Crippen LogP contribution is -2.43. The highest BCUT2D eigenvalue weighted by atomic mass is 16.2. The van der Waals surface area contributed by atoms with E-state index in [1.807, 2.05) is 24.3 Å². The van der Waals surface area contributed by atoms with E-state index < -0.39 is 6.03 Å². The molecular weight excluding hydrogens is 340 g/mol. The Kier molecular flexibility index (Phi) is 6.96. The van der Waals surface area contributed by atoms with Gasteiger partial charge in [-0.15, -0.1) is 0 Å². The lowest BCUT2D eigenvalue weighted by Gasteiger charge is -2.32. The largest absolute Gasteiger partial charge is 0.372 e. The summed E-state index contributed by atoms with van der Waals surface area (Å²) in [5, 5.41) is 9.59. The van der Waals surface area contributed by atoms with Crippen molar-refractivity contribution in [3.63, 3.8) is 0 Å². The minimum atomic E-state index is -0.478. The van der Waals surface area contributed by atoms with Crippen LogP contribution in [0.2, 0.25) is 0 Å². The van der Waals surface area contributed by atoms with Gasteiger partial charge in [-0.3, -0.25) is 4.79 Å². The number of carbonyl (C=O) groups is 2. The predicted molar refractivity (Wildman–Crippen MR) is 107 cm³/mol. The van der Waals surface area contributed by atoms with E-state index in [9.17, 15) is 9.59 Å². The maximum Gasteiger partial charge on any atom is 0.341 e. The average Bonchev–Trinajstić information content (AvgIpc) is 2.68. The summed E-state index contributed by atoms with van der Waals surface area (Å²) in [6.07, 6.45) is 8.09. The van der Waals surface area contributed by atoms with Crippen molar-refractivity contribution in [1.82, 2.24) is 16.0 Å². The summed E-state index contributed by atoms with van der Waals surface area (Å²) in [4.78, 5) is 26.3. The Hall–Kier alpha value is -2.24. The first-order chi connectivity index (χ1) is 13.1. The maximum absolute atomic E-state index is 12.0. The normalized spacial score (nSPS) is 18.8. The molecule has 6 nitrogen and oxygen atoms in total. The van der Waals surface area contributed by atoms with Gasteiger partial charge >= 0.3 is 6.03 Å². The molecule has 1 saturated heterocycles. The van der Waals surface area contributed by atoms with Crippen LogP contribution in [0.5, 0.6) is 0 Å². The number of rotatable bonds is 5. The van der Waals surface area contributed by atoms with Gasteiger partial charge in [-0.2, -0.15) is 5.32 Å². The predicted octanol–water partition coefficient (Wildman–Crippen LogP) is 3.32. The third-order valence-corrected chi connectivity index (χ3v) is 5.60. The van der Waals surface area contributed by atoms with Gasteiger partial charge in [0.05, 0.1) is 12.2 Å². The second kappa shape index (κ2) is 9.62. The first-order valence-electron chi connectivity index (χ1n) is 10.2. The Morgan fingerprint density at radius 3 is 2.37 bits per heavy atom. The van der Waals surface area contributed by atoms with Crippen LogP contribution in [-0.4, -0.2) is 37.6 Å². The summed E-state index contributed by atoms with van der Waals surface area (Å²) in [5.41, 5.74) is 1.78. The minimum Gasteiger partial charge on any atom is -0.372 e. The fourth-order valence-corrected chi connectivity index (χ4v) is 3.84. The summed E-state index contributed by atoms with van der Waals surface area (Å²) < 4.78 is 0. The molecule has 2 N–H and O–H groups in total. The summed E-state index contributed by atoms with van der Waals surface area (Å²) in [6.45, 7) is 4.43. The second-order valence-electron chi connectivity index (χ2n) is 7.86. The summed E-state index contributed by atoms with van der Waals surface area (Å²) in [7, 11) is 0. The highest BCUT2D eigenvalue weighted by Crippen LogP contribution is 2.24. The Labute approximate surface area is 162 Å². The van der Waals surface area contributed by atoms with E-state index in [-0.39, 0.29) is 18.5 Å². The molecule has 2 fully saturated rings. The van der Waals surface area contributed by atoms with Crippen LogP contribution in [0, 0.1) is 5.92 Å². The van der Waals surface area contributed by atoms with E-state index >= 15 is 0 Å². The molecule has 1 aliphatic heterocycles. The van der Waals surface area contributed by atoms with Crippen molar-refractivity contribution in [1.29, 1.82) is 0 Å². The molecule has 1 heterocycles. The monoisotopic (exact) mass is 371 g/mol. The van der Waals surface area contributed by atoms with Gasteiger partial charge in [0.15, 0.2) is 0 Å². The molecule has 27 heavy (non-hydrogen) atoms. The Morgan fingerprint density at radius 1 is 1.04 bits per heavy atom. The van der Waals surface area contributed by atoms with Crippen LogP contribution in [0.4, 0.5) is 16.2 Å². The number of nitrogens with one attached hydrogen (secondary N) is 2. The summed E-state index contributed by atoms with van der Waals surface area (Å²) in [6, 6.07) is 7.51. The van der Waals surface area contributed by atoms with Gasteiger partial charge in [-0.05, 0) is 55.9 Å². The number of hydrogen-bond donors (Lipinski definition) is 2. The van der Waals surface area contributed by atoms with Crippen molar-refractivity contribution in [3.05, 3.63) is 24.3 Å². The third-order valence-electron chi connectivity index (χ3n) is 5.60. The van der Waals surface area contributed by atoms with Gasteiger partial charge in [0.1, 0.15) is 0 Å². The molecule has 3 amide bonds. The summed E-state index contributed by atoms with van der Waals surface area (Å²) in [5.74, 6) is 0.662. The molecule has 3 rings (SSSR count). The first kappa shape index (κ1) is 19.5. The van der Waals surface area contributed by atoms with Crippen LogP contribution in [0.25, 0.3) is 0 Å². The minimum absolute atomic E-state index is 0.0249. The molecule has 0 atom stereocenters. The first-order valence-corrected chi connectivity index (χ1v) is 10.2. The number of urea groups is 1. The molecular formula is C21H31N4O2. The second-order valence-corrected chi connectivity index (χ2v) is 7.86. The standard InChI is InChI=1S/C21H31N4O2/c1-16-11-13-25(14-12-16)19-9-7-18(8-10-19)24-21(27)22-15-20(26)23-17-5-3-2-4-6-17/h7-10,16-17H,2-6,11-15H2,1H3,(H,22,27)(H,23,26). The van der Waals surface area contributed by atoms with Crippen molar-refractivity contribution in [3.8, 4) is 0 Å². The van der Waals surface area contributed by atoms with E-state index in [0.29, 0.717) is 5.69 Å². The van der Waals surface area contributed by atoms with Gasteiger partial charge in [-0.1, -0.05) is 26.2 Å². The topological polar surface area (TPSA) is 75.5 Å². The Balaban J connectivity index is 1.39. The highest BCUT2D eigenvalue weighted by molar-refractivity contribution is 5.85. The quantitative estimate of drug-likeness (QED) is 0.834. The molecule has 0 spiro atoms. The van der Waals surface area contributed by atoms with E-state index in [2.05, 4.69) is 27.8 Å². The number of benzene rings is 1. The zero-order valence-corrected chi connectivity index (χ0v) is 16.2. The molecule has 0 aromatic heterocycles. The van der Waals surface area contributed by atoms with Crippen LogP contribution in [0.1, 0.15) is 51.9 Å². The molecule has 0 bridgehead atoms. The van der Waals surface area contributed by atoms with Crippen LogP contribution >= 0.6 is 0 Å². The lowest BCUT2D eigenvalue weighted by atomic mass is 9.95.